The number of carbonyl (C=O) groups is 2. The van der Waals surface area contributed by atoms with E-state index in [4.69, 9.17) is 5.11 Å². The summed E-state index contributed by atoms with van der Waals surface area (Å²) in [6.45, 7) is 3.45. The number of nitrogens with one attached hydrogen (secondary N) is 2. The van der Waals surface area contributed by atoms with Crippen LogP contribution in [0.2, 0.25) is 0 Å². The standard InChI is InChI=1S/C9H14N2O3S/c1-2-3-6(9(13)14)11-8(12)7-4-15-5-10-7/h2,6-7,10H,1,3-5H2,(H,11,12)(H,13,14). The van der Waals surface area contributed by atoms with E-state index in [1.54, 1.807) is 11.8 Å². The van der Waals surface area contributed by atoms with Gasteiger partial charge in [0.15, 0.2) is 0 Å². The maximum atomic E-state index is 11.6. The smallest absolute Gasteiger partial charge is 0.326 e. The zero-order valence-electron chi connectivity index (χ0n) is 8.23. The number of carboxylic acids is 1. The molecule has 0 radical (unpaired) electrons. The highest BCUT2D eigenvalue weighted by atomic mass is 32.2. The van der Waals surface area contributed by atoms with Gasteiger partial charge >= 0.3 is 5.97 Å². The molecule has 6 heteroatoms. The lowest BCUT2D eigenvalue weighted by atomic mass is 10.2. The van der Waals surface area contributed by atoms with Gasteiger partial charge in [0.1, 0.15) is 6.04 Å². The first-order valence-corrected chi connectivity index (χ1v) is 5.76. The van der Waals surface area contributed by atoms with Gasteiger partial charge in [-0.3, -0.25) is 10.1 Å². The first kappa shape index (κ1) is 12.1. The minimum atomic E-state index is -1.03. The number of carboxylic acid groups (broad SMARTS) is 1. The average molecular weight is 230 g/mol. The number of amides is 1. The molecule has 1 aliphatic heterocycles. The Labute approximate surface area is 92.3 Å². The van der Waals surface area contributed by atoms with Crippen LogP contribution in [0.4, 0.5) is 0 Å². The van der Waals surface area contributed by atoms with E-state index in [1.165, 1.54) is 6.08 Å². The van der Waals surface area contributed by atoms with E-state index >= 15 is 0 Å². The van der Waals surface area contributed by atoms with Crippen molar-refractivity contribution in [2.45, 2.75) is 18.5 Å². The van der Waals surface area contributed by atoms with Gasteiger partial charge in [0.25, 0.3) is 0 Å². The SMILES string of the molecule is C=CCC(NC(=O)C1CSCN1)C(=O)O. The Morgan fingerprint density at radius 2 is 2.47 bits per heavy atom. The number of hydrogen-bond acceptors (Lipinski definition) is 4. The molecule has 0 aromatic heterocycles. The van der Waals surface area contributed by atoms with Gasteiger partial charge in [-0.2, -0.15) is 0 Å². The largest absolute Gasteiger partial charge is 0.480 e. The first-order valence-electron chi connectivity index (χ1n) is 4.60. The van der Waals surface area contributed by atoms with Crippen molar-refractivity contribution in [3.63, 3.8) is 0 Å². The molecule has 84 valence electrons. The van der Waals surface area contributed by atoms with Crippen LogP contribution >= 0.6 is 11.8 Å². The fraction of sp³-hybridized carbons (Fsp3) is 0.556. The Bertz CT molecular complexity index is 264. The summed E-state index contributed by atoms with van der Waals surface area (Å²) in [7, 11) is 0. The lowest BCUT2D eigenvalue weighted by Crippen LogP contribution is -2.48. The zero-order chi connectivity index (χ0) is 11.3. The van der Waals surface area contributed by atoms with E-state index in [2.05, 4.69) is 17.2 Å². The third kappa shape index (κ3) is 3.56. The minimum absolute atomic E-state index is 0.237. The molecule has 1 aliphatic rings. The molecule has 5 nitrogen and oxygen atoms in total. The van der Waals surface area contributed by atoms with Gasteiger partial charge in [-0.25, -0.2) is 4.79 Å². The Balaban J connectivity index is 2.45. The molecule has 15 heavy (non-hydrogen) atoms. The van der Waals surface area contributed by atoms with E-state index in [0.29, 0.717) is 5.75 Å². The molecule has 1 fully saturated rings. The van der Waals surface area contributed by atoms with E-state index in [1.807, 2.05) is 0 Å². The van der Waals surface area contributed by atoms with Gasteiger partial charge in [0.05, 0.1) is 6.04 Å². The Morgan fingerprint density at radius 1 is 1.73 bits per heavy atom. The van der Waals surface area contributed by atoms with E-state index in [-0.39, 0.29) is 18.4 Å². The summed E-state index contributed by atoms with van der Waals surface area (Å²) in [5.74, 6) is 0.131. The van der Waals surface area contributed by atoms with Crippen molar-refractivity contribution < 1.29 is 14.7 Å². The lowest BCUT2D eigenvalue weighted by molar-refractivity contribution is -0.141. The fourth-order valence-electron chi connectivity index (χ4n) is 1.22. The van der Waals surface area contributed by atoms with Crippen molar-refractivity contribution in [3.05, 3.63) is 12.7 Å². The van der Waals surface area contributed by atoms with Crippen LogP contribution in [0.3, 0.4) is 0 Å². The molecule has 1 heterocycles. The summed E-state index contributed by atoms with van der Waals surface area (Å²) in [5, 5.41) is 14.3. The van der Waals surface area contributed by atoms with Gasteiger partial charge in [-0.1, -0.05) is 6.08 Å². The van der Waals surface area contributed by atoms with Gasteiger partial charge in [0, 0.05) is 11.6 Å². The molecule has 0 bridgehead atoms. The third-order valence-electron chi connectivity index (χ3n) is 2.05. The maximum Gasteiger partial charge on any atom is 0.326 e. The van der Waals surface area contributed by atoms with Crippen molar-refractivity contribution >= 4 is 23.6 Å². The summed E-state index contributed by atoms with van der Waals surface area (Å²) >= 11 is 1.62. The van der Waals surface area contributed by atoms with Gasteiger partial charge in [-0.05, 0) is 6.42 Å². The van der Waals surface area contributed by atoms with Crippen LogP contribution < -0.4 is 10.6 Å². The number of hydrogen-bond donors (Lipinski definition) is 3. The maximum absolute atomic E-state index is 11.6. The predicted octanol–water partition coefficient (Wildman–Crippen LogP) is -0.206. The molecular weight excluding hydrogens is 216 g/mol. The van der Waals surface area contributed by atoms with Crippen LogP contribution in [-0.2, 0) is 9.59 Å². The van der Waals surface area contributed by atoms with E-state index in [9.17, 15) is 9.59 Å². The van der Waals surface area contributed by atoms with E-state index < -0.39 is 12.0 Å². The molecule has 0 aromatic rings. The van der Waals surface area contributed by atoms with Crippen LogP contribution in [0.1, 0.15) is 6.42 Å². The fourth-order valence-corrected chi connectivity index (χ4v) is 2.17. The summed E-state index contributed by atoms with van der Waals surface area (Å²) in [5.41, 5.74) is 0. The molecule has 0 aromatic carbocycles. The molecule has 0 aliphatic carbocycles. The number of aliphatic carboxylic acids is 1. The normalized spacial score (nSPS) is 22.0. The molecular formula is C9H14N2O3S. The van der Waals surface area contributed by atoms with Gasteiger partial charge < -0.3 is 10.4 Å². The molecule has 3 N–H and O–H groups in total. The highest BCUT2D eigenvalue weighted by Crippen LogP contribution is 2.09. The van der Waals surface area contributed by atoms with E-state index in [0.717, 1.165) is 5.88 Å². The van der Waals surface area contributed by atoms with Crippen molar-refractivity contribution in [2.24, 2.45) is 0 Å². The van der Waals surface area contributed by atoms with Crippen LogP contribution in [0.25, 0.3) is 0 Å². The monoisotopic (exact) mass is 230 g/mol. The number of rotatable bonds is 5. The summed E-state index contributed by atoms with van der Waals surface area (Å²) in [6, 6.07) is -1.15. The van der Waals surface area contributed by atoms with Crippen LogP contribution in [0, 0.1) is 0 Å². The molecule has 2 unspecified atom stereocenters. The number of carbonyl (C=O) groups excluding carboxylic acids is 1. The van der Waals surface area contributed by atoms with Crippen molar-refractivity contribution in [1.82, 2.24) is 10.6 Å². The zero-order valence-corrected chi connectivity index (χ0v) is 9.05. The second kappa shape index (κ2) is 5.77. The predicted molar refractivity (Wildman–Crippen MR) is 58.6 cm³/mol. The van der Waals surface area contributed by atoms with Gasteiger partial charge in [-0.15, -0.1) is 18.3 Å². The first-order chi connectivity index (χ1) is 7.15. The van der Waals surface area contributed by atoms with Crippen molar-refractivity contribution in [1.29, 1.82) is 0 Å². The number of thioether (sulfide) groups is 1. The minimum Gasteiger partial charge on any atom is -0.480 e. The van der Waals surface area contributed by atoms with Gasteiger partial charge in [0.2, 0.25) is 5.91 Å². The molecule has 1 saturated heterocycles. The summed E-state index contributed by atoms with van der Waals surface area (Å²) in [4.78, 5) is 22.3. The molecule has 0 saturated carbocycles. The summed E-state index contributed by atoms with van der Waals surface area (Å²) < 4.78 is 0. The van der Waals surface area contributed by atoms with Crippen molar-refractivity contribution in [2.75, 3.05) is 11.6 Å². The van der Waals surface area contributed by atoms with Crippen LogP contribution in [0.15, 0.2) is 12.7 Å². The highest BCUT2D eigenvalue weighted by molar-refractivity contribution is 7.99. The lowest BCUT2D eigenvalue weighted by Gasteiger charge is -2.15. The third-order valence-corrected chi connectivity index (χ3v) is 2.99. The topological polar surface area (TPSA) is 78.4 Å². The molecule has 1 amide bonds. The summed E-state index contributed by atoms with van der Waals surface area (Å²) in [6.07, 6.45) is 1.72. The second-order valence-electron chi connectivity index (χ2n) is 3.20. The Morgan fingerprint density at radius 3 is 2.93 bits per heavy atom. The quantitative estimate of drug-likeness (QED) is 0.570. The van der Waals surface area contributed by atoms with Crippen LogP contribution in [-0.4, -0.2) is 40.7 Å². The Kier molecular flexibility index (Phi) is 4.64. The molecule has 2 atom stereocenters. The highest BCUT2D eigenvalue weighted by Gasteiger charge is 2.26. The Hall–Kier alpha value is -1.01. The van der Waals surface area contributed by atoms with Crippen LogP contribution in [0.5, 0.6) is 0 Å². The second-order valence-corrected chi connectivity index (χ2v) is 4.23. The molecule has 0 spiro atoms. The van der Waals surface area contributed by atoms with Crippen molar-refractivity contribution in [3.8, 4) is 0 Å². The molecule has 1 rings (SSSR count). The average Bonchev–Trinajstić information content (AvgIpc) is 2.69.